The first-order valence-corrected chi connectivity index (χ1v) is 8.83. The van der Waals surface area contributed by atoms with E-state index in [4.69, 9.17) is 9.47 Å². The van der Waals surface area contributed by atoms with Gasteiger partial charge in [-0.05, 0) is 26.7 Å². The minimum Gasteiger partial charge on any atom is -0.444 e. The highest BCUT2D eigenvalue weighted by Crippen LogP contribution is 2.30. The molecule has 1 aromatic heterocycles. The molecule has 140 valence electrons. The van der Waals surface area contributed by atoms with Crippen molar-refractivity contribution < 1.29 is 19.1 Å². The van der Waals surface area contributed by atoms with E-state index in [9.17, 15) is 9.59 Å². The molecule has 0 spiro atoms. The van der Waals surface area contributed by atoms with Crippen LogP contribution in [0.3, 0.4) is 0 Å². The van der Waals surface area contributed by atoms with Crippen molar-refractivity contribution in [1.29, 1.82) is 0 Å². The molecule has 1 saturated heterocycles. The predicted octanol–water partition coefficient (Wildman–Crippen LogP) is 2.59. The second-order valence-electron chi connectivity index (χ2n) is 6.69. The summed E-state index contributed by atoms with van der Waals surface area (Å²) >= 11 is 0. The lowest BCUT2D eigenvalue weighted by molar-refractivity contribution is -0.112. The molecule has 3 N–H and O–H groups in total. The molecule has 1 aliphatic carbocycles. The Hall–Kier alpha value is -2.61. The highest BCUT2D eigenvalue weighted by Gasteiger charge is 2.31. The number of aromatic amines is 1. The number of carbonyl (C=O) groups is 2. The van der Waals surface area contributed by atoms with Gasteiger partial charge >= 0.3 is 6.09 Å². The maximum atomic E-state index is 12.2. The molecule has 8 nitrogen and oxygen atoms in total. The lowest BCUT2D eigenvalue weighted by atomic mass is 10.1. The van der Waals surface area contributed by atoms with Crippen LogP contribution in [0.4, 0.5) is 10.6 Å². The zero-order chi connectivity index (χ0) is 18.5. The average molecular weight is 360 g/mol. The third-order valence-electron chi connectivity index (χ3n) is 4.08. The topological polar surface area (TPSA) is 105 Å². The third kappa shape index (κ3) is 4.72. The molecule has 2 amide bonds. The summed E-state index contributed by atoms with van der Waals surface area (Å²) in [5.41, 5.74) is 1.38. The van der Waals surface area contributed by atoms with Crippen LogP contribution >= 0.6 is 0 Å². The van der Waals surface area contributed by atoms with Gasteiger partial charge in [0.25, 0.3) is 5.91 Å². The summed E-state index contributed by atoms with van der Waals surface area (Å²) in [6, 6.07) is 1.76. The molecule has 2 aliphatic rings. The van der Waals surface area contributed by atoms with Crippen LogP contribution < -0.4 is 10.6 Å². The van der Waals surface area contributed by atoms with Crippen LogP contribution in [0.1, 0.15) is 44.9 Å². The maximum Gasteiger partial charge on any atom is 0.407 e. The molecule has 0 saturated carbocycles. The van der Waals surface area contributed by atoms with Crippen LogP contribution in [0.2, 0.25) is 0 Å². The maximum absolute atomic E-state index is 12.2. The molecule has 1 aromatic rings. The quantitative estimate of drug-likeness (QED) is 0.748. The van der Waals surface area contributed by atoms with Crippen molar-refractivity contribution in [2.24, 2.45) is 0 Å². The van der Waals surface area contributed by atoms with Crippen LogP contribution in [-0.4, -0.2) is 41.0 Å². The molecule has 0 radical (unpaired) electrons. The molecule has 0 aromatic carbocycles. The van der Waals surface area contributed by atoms with Gasteiger partial charge in [0.1, 0.15) is 12.2 Å². The monoisotopic (exact) mass is 360 g/mol. The number of rotatable bonds is 5. The number of aromatic nitrogens is 2. The zero-order valence-corrected chi connectivity index (χ0v) is 15.0. The summed E-state index contributed by atoms with van der Waals surface area (Å²) in [6.07, 6.45) is 7.07. The number of nitrogens with one attached hydrogen (secondary N) is 3. The van der Waals surface area contributed by atoms with E-state index in [-0.39, 0.29) is 24.2 Å². The fourth-order valence-corrected chi connectivity index (χ4v) is 2.85. The van der Waals surface area contributed by atoms with Crippen LogP contribution in [0.5, 0.6) is 0 Å². The van der Waals surface area contributed by atoms with Crippen molar-refractivity contribution in [1.82, 2.24) is 15.5 Å². The molecule has 1 aliphatic heterocycles. The summed E-state index contributed by atoms with van der Waals surface area (Å²) in [5.74, 6) is 0.258. The summed E-state index contributed by atoms with van der Waals surface area (Å²) in [6.45, 7) is 4.07. The number of allylic oxidation sites excluding steroid dienone is 2. The van der Waals surface area contributed by atoms with E-state index in [0.717, 1.165) is 18.5 Å². The van der Waals surface area contributed by atoms with Gasteiger partial charge in [0.2, 0.25) is 0 Å². The molecule has 1 fully saturated rings. The summed E-state index contributed by atoms with van der Waals surface area (Å²) < 4.78 is 11.0. The fraction of sp³-hybridized carbons (Fsp3) is 0.500. The van der Waals surface area contributed by atoms with E-state index in [0.29, 0.717) is 24.4 Å². The molecule has 2 atom stereocenters. The van der Waals surface area contributed by atoms with Gasteiger partial charge in [-0.2, -0.15) is 5.10 Å². The first-order chi connectivity index (χ1) is 12.5. The first kappa shape index (κ1) is 18.2. The predicted molar refractivity (Wildman–Crippen MR) is 95.5 cm³/mol. The number of amides is 2. The Morgan fingerprint density at radius 2 is 2.23 bits per heavy atom. The Morgan fingerprint density at radius 1 is 1.38 bits per heavy atom. The van der Waals surface area contributed by atoms with Crippen molar-refractivity contribution in [3.8, 4) is 0 Å². The first-order valence-electron chi connectivity index (χ1n) is 8.83. The lowest BCUT2D eigenvalue weighted by Gasteiger charge is -2.13. The van der Waals surface area contributed by atoms with E-state index < -0.39 is 6.09 Å². The van der Waals surface area contributed by atoms with Crippen LogP contribution in [0.25, 0.3) is 0 Å². The Morgan fingerprint density at radius 3 is 2.96 bits per heavy atom. The van der Waals surface area contributed by atoms with Crippen molar-refractivity contribution >= 4 is 17.8 Å². The van der Waals surface area contributed by atoms with Crippen LogP contribution in [-0.2, 0) is 14.3 Å². The Bertz CT molecular complexity index is 723. The molecule has 2 heterocycles. The second-order valence-corrected chi connectivity index (χ2v) is 6.69. The van der Waals surface area contributed by atoms with E-state index in [1.807, 2.05) is 32.1 Å². The van der Waals surface area contributed by atoms with Gasteiger partial charge in [0.05, 0.1) is 12.3 Å². The van der Waals surface area contributed by atoms with Gasteiger partial charge in [0.15, 0.2) is 5.82 Å². The highest BCUT2D eigenvalue weighted by molar-refractivity contribution is 6.05. The van der Waals surface area contributed by atoms with Crippen molar-refractivity contribution in [3.05, 3.63) is 35.6 Å². The second kappa shape index (κ2) is 8.18. The van der Waals surface area contributed by atoms with Gasteiger partial charge in [-0.15, -0.1) is 0 Å². The van der Waals surface area contributed by atoms with Crippen molar-refractivity contribution in [2.75, 3.05) is 11.9 Å². The highest BCUT2D eigenvalue weighted by atomic mass is 16.6. The lowest BCUT2D eigenvalue weighted by Crippen LogP contribution is -2.33. The van der Waals surface area contributed by atoms with Gasteiger partial charge < -0.3 is 20.1 Å². The van der Waals surface area contributed by atoms with Crippen molar-refractivity contribution in [2.45, 2.75) is 51.4 Å². The molecular weight excluding hydrogens is 336 g/mol. The van der Waals surface area contributed by atoms with Gasteiger partial charge in [-0.1, -0.05) is 18.2 Å². The number of anilines is 1. The summed E-state index contributed by atoms with van der Waals surface area (Å²) in [5, 5.41) is 12.4. The number of nitrogens with zero attached hydrogens (tertiary/aromatic N) is 1. The zero-order valence-electron chi connectivity index (χ0n) is 15.0. The van der Waals surface area contributed by atoms with E-state index in [1.54, 1.807) is 6.07 Å². The third-order valence-corrected chi connectivity index (χ3v) is 4.08. The fourth-order valence-electron chi connectivity index (χ4n) is 2.85. The number of H-pyrrole nitrogens is 1. The normalized spacial score (nSPS) is 22.2. The standard InChI is InChI=1S/C18H24N4O4/c1-11(2)19-18(24)26-13-8-15(25-10-13)14-9-16(22-21-14)20-17(23)12-6-4-3-5-7-12/h4,6-7,9,11,13,15H,3,5,8,10H2,1-2H3,(H,19,24)(H2,20,21,22,23)/t13-,15-/m1/s1. The SMILES string of the molecule is CC(C)NC(=O)O[C@H]1CO[C@@H](c2cc(NC(=O)C3=CCCC=C3)n[nH]2)C1. The van der Waals surface area contributed by atoms with Gasteiger partial charge in [-0.25, -0.2) is 4.79 Å². The minimum absolute atomic E-state index is 0.0218. The molecule has 3 rings (SSSR count). The molecule has 0 bridgehead atoms. The Balaban J connectivity index is 1.52. The van der Waals surface area contributed by atoms with Crippen molar-refractivity contribution in [3.63, 3.8) is 0 Å². The summed E-state index contributed by atoms with van der Waals surface area (Å²) in [4.78, 5) is 23.8. The number of ether oxygens (including phenoxy) is 2. The smallest absolute Gasteiger partial charge is 0.407 e. The molecular formula is C18H24N4O4. The van der Waals surface area contributed by atoms with E-state index >= 15 is 0 Å². The van der Waals surface area contributed by atoms with E-state index in [2.05, 4.69) is 20.8 Å². The van der Waals surface area contributed by atoms with E-state index in [1.165, 1.54) is 0 Å². The van der Waals surface area contributed by atoms with Crippen LogP contribution in [0.15, 0.2) is 29.9 Å². The average Bonchev–Trinajstić information content (AvgIpc) is 3.24. The molecule has 26 heavy (non-hydrogen) atoms. The number of hydrogen-bond donors (Lipinski definition) is 3. The van der Waals surface area contributed by atoms with Crippen LogP contribution in [0, 0.1) is 0 Å². The molecule has 0 unspecified atom stereocenters. The number of hydrogen-bond acceptors (Lipinski definition) is 5. The number of carbonyl (C=O) groups excluding carboxylic acids is 2. The molecule has 8 heteroatoms. The largest absolute Gasteiger partial charge is 0.444 e. The van der Waals surface area contributed by atoms with Gasteiger partial charge in [0, 0.05) is 24.1 Å². The minimum atomic E-state index is -0.444. The number of alkyl carbamates (subject to hydrolysis) is 1. The van der Waals surface area contributed by atoms with Gasteiger partial charge in [-0.3, -0.25) is 9.89 Å². The Kier molecular flexibility index (Phi) is 5.72. The summed E-state index contributed by atoms with van der Waals surface area (Å²) in [7, 11) is 0. The Labute approximate surface area is 152 Å².